The number of nitrogens with one attached hydrogen (secondary N) is 1. The van der Waals surface area contributed by atoms with Crippen LogP contribution in [-0.4, -0.2) is 52.5 Å². The van der Waals surface area contributed by atoms with Gasteiger partial charge in [-0.05, 0) is 31.5 Å². The number of aromatic nitrogens is 1. The number of rotatable bonds is 3. The molecule has 1 atom stereocenters. The lowest BCUT2D eigenvalue weighted by molar-refractivity contribution is -0.137. The van der Waals surface area contributed by atoms with E-state index in [1.165, 1.54) is 0 Å². The first-order valence-electron chi connectivity index (χ1n) is 8.82. The van der Waals surface area contributed by atoms with Crippen LogP contribution in [0.5, 0.6) is 0 Å². The molecule has 1 amide bonds. The van der Waals surface area contributed by atoms with Crippen molar-refractivity contribution >= 4 is 46.0 Å². The van der Waals surface area contributed by atoms with Gasteiger partial charge in [0.1, 0.15) is 5.15 Å². The molecular formula is C19H23Cl2N3O3. The average molecular weight is 412 g/mol. The van der Waals surface area contributed by atoms with Gasteiger partial charge in [-0.2, -0.15) is 0 Å². The lowest BCUT2D eigenvalue weighted by atomic mass is 10.1. The number of pyridine rings is 1. The highest BCUT2D eigenvalue weighted by atomic mass is 35.5. The Morgan fingerprint density at radius 1 is 1.33 bits per heavy atom. The second-order valence-corrected chi connectivity index (χ2v) is 7.15. The van der Waals surface area contributed by atoms with E-state index in [1.54, 1.807) is 18.2 Å². The van der Waals surface area contributed by atoms with E-state index in [-0.39, 0.29) is 11.9 Å². The van der Waals surface area contributed by atoms with Gasteiger partial charge in [0.15, 0.2) is 0 Å². The summed E-state index contributed by atoms with van der Waals surface area (Å²) in [5.74, 6) is -0.693. The smallest absolute Gasteiger partial charge is 0.303 e. The van der Waals surface area contributed by atoms with Gasteiger partial charge >= 0.3 is 5.97 Å². The molecule has 8 heteroatoms. The molecule has 6 nitrogen and oxygen atoms in total. The van der Waals surface area contributed by atoms with Crippen molar-refractivity contribution in [1.82, 2.24) is 15.2 Å². The number of carboxylic acids is 1. The molecule has 0 aliphatic carbocycles. The summed E-state index contributed by atoms with van der Waals surface area (Å²) >= 11 is 12.1. The Morgan fingerprint density at radius 2 is 2.07 bits per heavy atom. The van der Waals surface area contributed by atoms with Crippen molar-refractivity contribution in [3.05, 3.63) is 40.0 Å². The molecule has 0 unspecified atom stereocenters. The summed E-state index contributed by atoms with van der Waals surface area (Å²) in [6.07, 6.45) is 1.02. The molecule has 0 radical (unpaired) electrons. The first-order chi connectivity index (χ1) is 12.8. The SMILES string of the molecule is CCCC(=O)O.C[C@H]1CNCCN1C(=O)c1ccc2c(Cl)cc(Cl)nc2c1. The topological polar surface area (TPSA) is 82.5 Å². The minimum atomic E-state index is -0.711. The Morgan fingerprint density at radius 3 is 2.67 bits per heavy atom. The monoisotopic (exact) mass is 411 g/mol. The van der Waals surface area contributed by atoms with Crippen LogP contribution < -0.4 is 5.32 Å². The van der Waals surface area contributed by atoms with Crippen LogP contribution in [0.25, 0.3) is 10.9 Å². The van der Waals surface area contributed by atoms with Crippen molar-refractivity contribution in [2.45, 2.75) is 32.7 Å². The molecule has 146 valence electrons. The van der Waals surface area contributed by atoms with Crippen molar-refractivity contribution in [2.75, 3.05) is 19.6 Å². The zero-order valence-electron chi connectivity index (χ0n) is 15.3. The maximum absolute atomic E-state index is 12.6. The number of amides is 1. The van der Waals surface area contributed by atoms with E-state index in [2.05, 4.69) is 10.3 Å². The Balaban J connectivity index is 0.000000380. The number of carbonyl (C=O) groups excluding carboxylic acids is 1. The normalized spacial score (nSPS) is 16.6. The molecule has 3 rings (SSSR count). The quantitative estimate of drug-likeness (QED) is 0.749. The Hall–Kier alpha value is -1.89. The molecular weight excluding hydrogens is 389 g/mol. The van der Waals surface area contributed by atoms with Crippen LogP contribution in [0.3, 0.4) is 0 Å². The van der Waals surface area contributed by atoms with Gasteiger partial charge in [0.2, 0.25) is 0 Å². The predicted molar refractivity (Wildman–Crippen MR) is 108 cm³/mol. The number of halogens is 2. The van der Waals surface area contributed by atoms with Crippen LogP contribution in [0, 0.1) is 0 Å². The maximum atomic E-state index is 12.6. The van der Waals surface area contributed by atoms with Gasteiger partial charge < -0.3 is 15.3 Å². The van der Waals surface area contributed by atoms with Gasteiger partial charge in [0, 0.05) is 43.0 Å². The van der Waals surface area contributed by atoms with Crippen LogP contribution in [0.1, 0.15) is 37.0 Å². The van der Waals surface area contributed by atoms with E-state index < -0.39 is 5.97 Å². The summed E-state index contributed by atoms with van der Waals surface area (Å²) in [5.41, 5.74) is 1.25. The van der Waals surface area contributed by atoms with Gasteiger partial charge in [-0.1, -0.05) is 36.2 Å². The molecule has 0 bridgehead atoms. The lowest BCUT2D eigenvalue weighted by Crippen LogP contribution is -2.52. The second kappa shape index (κ2) is 9.88. The van der Waals surface area contributed by atoms with E-state index in [0.717, 1.165) is 24.9 Å². The molecule has 1 aliphatic rings. The number of hydrogen-bond donors (Lipinski definition) is 2. The van der Waals surface area contributed by atoms with Gasteiger partial charge in [-0.25, -0.2) is 4.98 Å². The zero-order valence-corrected chi connectivity index (χ0v) is 16.8. The number of carboxylic acid groups (broad SMARTS) is 1. The first kappa shape index (κ1) is 21.4. The number of nitrogens with zero attached hydrogens (tertiary/aromatic N) is 2. The molecule has 0 spiro atoms. The third kappa shape index (κ3) is 5.79. The van der Waals surface area contributed by atoms with Crippen LogP contribution in [-0.2, 0) is 4.79 Å². The summed E-state index contributed by atoms with van der Waals surface area (Å²) in [5, 5.41) is 12.9. The molecule has 2 N–H and O–H groups in total. The van der Waals surface area contributed by atoms with Crippen molar-refractivity contribution in [3.8, 4) is 0 Å². The van der Waals surface area contributed by atoms with Crippen LogP contribution in [0.4, 0.5) is 0 Å². The number of benzene rings is 1. The largest absolute Gasteiger partial charge is 0.481 e. The van der Waals surface area contributed by atoms with Gasteiger partial charge in [0.25, 0.3) is 5.91 Å². The Labute approximate surface area is 168 Å². The lowest BCUT2D eigenvalue weighted by Gasteiger charge is -2.34. The highest BCUT2D eigenvalue weighted by Gasteiger charge is 2.24. The first-order valence-corrected chi connectivity index (χ1v) is 9.58. The molecule has 1 fully saturated rings. The fraction of sp³-hybridized carbons (Fsp3) is 0.421. The van der Waals surface area contributed by atoms with E-state index in [9.17, 15) is 9.59 Å². The summed E-state index contributed by atoms with van der Waals surface area (Å²) < 4.78 is 0. The number of aliphatic carboxylic acids is 1. The average Bonchev–Trinajstić information content (AvgIpc) is 2.61. The van der Waals surface area contributed by atoms with Crippen LogP contribution in [0.2, 0.25) is 10.2 Å². The molecule has 2 aromatic rings. The maximum Gasteiger partial charge on any atom is 0.303 e. The van der Waals surface area contributed by atoms with Crippen molar-refractivity contribution in [2.24, 2.45) is 0 Å². The van der Waals surface area contributed by atoms with Crippen LogP contribution >= 0.6 is 23.2 Å². The van der Waals surface area contributed by atoms with Crippen molar-refractivity contribution < 1.29 is 14.7 Å². The summed E-state index contributed by atoms with van der Waals surface area (Å²) in [6.45, 7) is 6.22. The van der Waals surface area contributed by atoms with E-state index in [4.69, 9.17) is 28.3 Å². The zero-order chi connectivity index (χ0) is 20.0. The van der Waals surface area contributed by atoms with Gasteiger partial charge in [0.05, 0.1) is 10.5 Å². The van der Waals surface area contributed by atoms with Gasteiger partial charge in [-0.3, -0.25) is 9.59 Å². The fourth-order valence-corrected chi connectivity index (χ4v) is 3.33. The minimum Gasteiger partial charge on any atom is -0.481 e. The Bertz CT molecular complexity index is 829. The summed E-state index contributed by atoms with van der Waals surface area (Å²) in [4.78, 5) is 28.3. The van der Waals surface area contributed by atoms with E-state index in [1.807, 2.05) is 24.8 Å². The number of carbonyl (C=O) groups is 2. The fourth-order valence-electron chi connectivity index (χ4n) is 2.81. The molecule has 2 heterocycles. The van der Waals surface area contributed by atoms with Crippen molar-refractivity contribution in [3.63, 3.8) is 0 Å². The number of piperazine rings is 1. The molecule has 27 heavy (non-hydrogen) atoms. The number of hydrogen-bond acceptors (Lipinski definition) is 4. The molecule has 1 aromatic heterocycles. The second-order valence-electron chi connectivity index (χ2n) is 6.35. The molecule has 0 saturated carbocycles. The number of fused-ring (bicyclic) bond motifs is 1. The summed E-state index contributed by atoms with van der Waals surface area (Å²) in [6, 6.07) is 7.15. The highest BCUT2D eigenvalue weighted by Crippen LogP contribution is 2.26. The van der Waals surface area contributed by atoms with Crippen LogP contribution in [0.15, 0.2) is 24.3 Å². The highest BCUT2D eigenvalue weighted by molar-refractivity contribution is 6.37. The van der Waals surface area contributed by atoms with Gasteiger partial charge in [-0.15, -0.1) is 0 Å². The standard InChI is InChI=1S/C15H15Cl2N3O.C4H8O2/c1-9-8-18-4-5-20(9)15(21)10-2-3-11-12(16)7-14(17)19-13(11)6-10;1-2-3-4(5)6/h2-3,6-7,9,18H,4-5,8H2,1H3;2-3H2,1H3,(H,5,6)/t9-;/m0./s1. The van der Waals surface area contributed by atoms with E-state index >= 15 is 0 Å². The molecule has 1 aromatic carbocycles. The third-order valence-corrected chi connectivity index (χ3v) is 4.71. The Kier molecular flexibility index (Phi) is 7.83. The molecule has 1 aliphatic heterocycles. The van der Waals surface area contributed by atoms with E-state index in [0.29, 0.717) is 34.2 Å². The third-order valence-electron chi connectivity index (χ3n) is 4.20. The predicted octanol–water partition coefficient (Wildman–Crippen LogP) is 3.85. The summed E-state index contributed by atoms with van der Waals surface area (Å²) in [7, 11) is 0. The minimum absolute atomic E-state index is 0.0174. The van der Waals surface area contributed by atoms with Crippen molar-refractivity contribution in [1.29, 1.82) is 0 Å². The molecule has 1 saturated heterocycles.